The van der Waals surface area contributed by atoms with Gasteiger partial charge in [0.1, 0.15) is 11.3 Å². The summed E-state index contributed by atoms with van der Waals surface area (Å²) in [6.07, 6.45) is 3.07. The zero-order chi connectivity index (χ0) is 21.4. The fraction of sp³-hybridized carbons (Fsp3) is 0.565. The van der Waals surface area contributed by atoms with Crippen LogP contribution in [0.2, 0.25) is 0 Å². The molecule has 7 heteroatoms. The molecule has 0 saturated carbocycles. The van der Waals surface area contributed by atoms with Gasteiger partial charge in [-0.3, -0.25) is 9.59 Å². The Morgan fingerprint density at radius 2 is 1.73 bits per heavy atom. The maximum atomic E-state index is 13.0. The van der Waals surface area contributed by atoms with Crippen LogP contribution in [-0.2, 0) is 6.54 Å². The van der Waals surface area contributed by atoms with Crippen LogP contribution in [0, 0.1) is 0 Å². The van der Waals surface area contributed by atoms with Gasteiger partial charge in [-0.1, -0.05) is 32.4 Å². The van der Waals surface area contributed by atoms with E-state index in [1.807, 2.05) is 13.0 Å². The van der Waals surface area contributed by atoms with Gasteiger partial charge in [-0.2, -0.15) is 0 Å². The van der Waals surface area contributed by atoms with Crippen LogP contribution in [0.5, 0.6) is 5.75 Å². The maximum absolute atomic E-state index is 13.0. The topological polar surface area (TPSA) is 71.3 Å². The van der Waals surface area contributed by atoms with Gasteiger partial charge in [-0.25, -0.2) is 0 Å². The first-order chi connectivity index (χ1) is 13.9. The predicted molar refractivity (Wildman–Crippen MR) is 118 cm³/mol. The third-order valence-corrected chi connectivity index (χ3v) is 6.02. The molecule has 0 aliphatic carbocycles. The normalized spacial score (nSPS) is 11.3. The van der Waals surface area contributed by atoms with E-state index in [0.717, 1.165) is 49.9 Å². The summed E-state index contributed by atoms with van der Waals surface area (Å²) in [6.45, 7) is 13.4. The van der Waals surface area contributed by atoms with Gasteiger partial charge in [-0.15, -0.1) is 0 Å². The Morgan fingerprint density at radius 1 is 1.07 bits per heavy atom. The number of rotatable bonds is 11. The molecule has 0 unspecified atom stereocenters. The Kier molecular flexibility index (Phi) is 10.4. The largest absolute Gasteiger partial charge is 1.00 e. The minimum absolute atomic E-state index is 0. The molecule has 2 aromatic rings. The summed E-state index contributed by atoms with van der Waals surface area (Å²) in [6, 6.07) is 7.17. The molecule has 0 saturated heterocycles. The van der Waals surface area contributed by atoms with Gasteiger partial charge in [-0.05, 0) is 38.8 Å². The first kappa shape index (κ1) is 26.0. The molecule has 2 rings (SSSR count). The van der Waals surface area contributed by atoms with E-state index >= 15 is 0 Å². The second-order valence-corrected chi connectivity index (χ2v) is 7.73. The van der Waals surface area contributed by atoms with Crippen molar-refractivity contribution in [1.29, 1.82) is 0 Å². The molecule has 30 heavy (non-hydrogen) atoms. The SMILES string of the molecule is CCCC[N+](CC)(CC)CCNC(=O)c1c(O)c2ccccc2n(CCC)c1=O.[Cl-]. The molecule has 0 bridgehead atoms. The number of aromatic nitrogens is 1. The van der Waals surface area contributed by atoms with Gasteiger partial charge >= 0.3 is 0 Å². The lowest BCUT2D eigenvalue weighted by molar-refractivity contribution is -0.924. The van der Waals surface area contributed by atoms with Crippen LogP contribution < -0.4 is 23.3 Å². The Hall–Kier alpha value is -2.05. The summed E-state index contributed by atoms with van der Waals surface area (Å²) >= 11 is 0. The molecule has 2 N–H and O–H groups in total. The number of hydrogen-bond acceptors (Lipinski definition) is 3. The minimum atomic E-state index is -0.496. The minimum Gasteiger partial charge on any atom is -1.00 e. The van der Waals surface area contributed by atoms with Gasteiger partial charge in [0.25, 0.3) is 11.5 Å². The third kappa shape index (κ3) is 5.55. The number of quaternary nitrogens is 1. The lowest BCUT2D eigenvalue weighted by atomic mass is 10.1. The first-order valence-corrected chi connectivity index (χ1v) is 10.9. The molecule has 168 valence electrons. The summed E-state index contributed by atoms with van der Waals surface area (Å²) in [7, 11) is 0. The molecule has 0 aliphatic heterocycles. The van der Waals surface area contributed by atoms with Crippen molar-refractivity contribution in [3.8, 4) is 5.75 Å². The van der Waals surface area contributed by atoms with E-state index in [-0.39, 0.29) is 23.7 Å². The van der Waals surface area contributed by atoms with Crippen molar-refractivity contribution in [2.24, 2.45) is 0 Å². The van der Waals surface area contributed by atoms with Gasteiger partial charge in [0.05, 0.1) is 38.2 Å². The Bertz CT molecular complexity index is 891. The number of para-hydroxylation sites is 1. The average molecular weight is 438 g/mol. The smallest absolute Gasteiger partial charge is 0.267 e. The molecule has 0 aliphatic rings. The second-order valence-electron chi connectivity index (χ2n) is 7.73. The quantitative estimate of drug-likeness (QED) is 0.503. The summed E-state index contributed by atoms with van der Waals surface area (Å²) in [5.74, 6) is -0.725. The number of likely N-dealkylation sites (N-methyl/N-ethyl adjacent to an activating group) is 1. The highest BCUT2D eigenvalue weighted by atomic mass is 35.5. The summed E-state index contributed by atoms with van der Waals surface area (Å²) < 4.78 is 2.53. The van der Waals surface area contributed by atoms with Crippen LogP contribution in [0.15, 0.2) is 29.1 Å². The first-order valence-electron chi connectivity index (χ1n) is 10.9. The lowest BCUT2D eigenvalue weighted by Gasteiger charge is -2.37. The number of hydrogen-bond donors (Lipinski definition) is 2. The number of nitrogens with one attached hydrogen (secondary N) is 1. The number of carbonyl (C=O) groups excluding carboxylic acids is 1. The predicted octanol–water partition coefficient (Wildman–Crippen LogP) is 0.508. The van der Waals surface area contributed by atoms with Crippen LogP contribution in [0.25, 0.3) is 10.9 Å². The van der Waals surface area contributed by atoms with Crippen LogP contribution in [0.3, 0.4) is 0 Å². The number of nitrogens with zero attached hydrogens (tertiary/aromatic N) is 2. The van der Waals surface area contributed by atoms with Crippen LogP contribution in [0.1, 0.15) is 57.3 Å². The van der Waals surface area contributed by atoms with Crippen molar-refractivity contribution in [2.75, 3.05) is 32.7 Å². The van der Waals surface area contributed by atoms with Crippen LogP contribution in [0.4, 0.5) is 0 Å². The molecule has 0 fully saturated rings. The molecule has 6 nitrogen and oxygen atoms in total. The number of amides is 1. The van der Waals surface area contributed by atoms with Gasteiger partial charge in [0.15, 0.2) is 0 Å². The average Bonchev–Trinajstić information content (AvgIpc) is 2.74. The van der Waals surface area contributed by atoms with Gasteiger partial charge < -0.3 is 31.9 Å². The van der Waals surface area contributed by atoms with Crippen molar-refractivity contribution in [1.82, 2.24) is 9.88 Å². The third-order valence-electron chi connectivity index (χ3n) is 6.02. The van der Waals surface area contributed by atoms with Crippen molar-refractivity contribution < 1.29 is 26.8 Å². The molecule has 0 radical (unpaired) electrons. The van der Waals surface area contributed by atoms with Crippen LogP contribution in [-0.4, -0.2) is 52.8 Å². The van der Waals surface area contributed by atoms with E-state index in [1.54, 1.807) is 22.8 Å². The highest BCUT2D eigenvalue weighted by Crippen LogP contribution is 2.26. The van der Waals surface area contributed by atoms with E-state index in [2.05, 4.69) is 26.1 Å². The second kappa shape index (κ2) is 12.0. The van der Waals surface area contributed by atoms with E-state index in [4.69, 9.17) is 0 Å². The lowest BCUT2D eigenvalue weighted by Crippen LogP contribution is -3.00. The maximum Gasteiger partial charge on any atom is 0.267 e. The number of unbranched alkanes of at least 4 members (excludes halogenated alkanes) is 1. The Balaban J connectivity index is 0.00000450. The van der Waals surface area contributed by atoms with Crippen molar-refractivity contribution in [2.45, 2.75) is 53.5 Å². The number of halogens is 1. The van der Waals surface area contributed by atoms with Crippen molar-refractivity contribution in [3.63, 3.8) is 0 Å². The number of aromatic hydroxyl groups is 1. The van der Waals surface area contributed by atoms with Gasteiger partial charge in [0, 0.05) is 11.9 Å². The summed E-state index contributed by atoms with van der Waals surface area (Å²) in [5.41, 5.74) is 0.0655. The Labute approximate surface area is 185 Å². The fourth-order valence-electron chi connectivity index (χ4n) is 4.00. The zero-order valence-electron chi connectivity index (χ0n) is 18.7. The molecule has 1 aromatic carbocycles. The molecule has 1 amide bonds. The number of aryl methyl sites for hydroxylation is 1. The number of pyridine rings is 1. The number of fused-ring (bicyclic) bond motifs is 1. The summed E-state index contributed by atoms with van der Waals surface area (Å²) in [5, 5.41) is 14.1. The number of benzene rings is 1. The van der Waals surface area contributed by atoms with E-state index < -0.39 is 11.5 Å². The van der Waals surface area contributed by atoms with E-state index in [0.29, 0.717) is 24.0 Å². The van der Waals surface area contributed by atoms with Crippen LogP contribution >= 0.6 is 0 Å². The molecular formula is C23H36ClN3O3. The summed E-state index contributed by atoms with van der Waals surface area (Å²) in [4.78, 5) is 25.9. The molecule has 1 aromatic heterocycles. The van der Waals surface area contributed by atoms with Crippen molar-refractivity contribution >= 4 is 16.8 Å². The molecule has 0 atom stereocenters. The fourth-order valence-corrected chi connectivity index (χ4v) is 4.00. The van der Waals surface area contributed by atoms with Crippen molar-refractivity contribution in [3.05, 3.63) is 40.2 Å². The van der Waals surface area contributed by atoms with E-state index in [1.165, 1.54) is 0 Å². The molecule has 0 spiro atoms. The van der Waals surface area contributed by atoms with E-state index in [9.17, 15) is 14.7 Å². The standard InChI is InChI=1S/C23H35N3O3.ClH/c1-5-9-16-26(7-3,8-4)17-14-24-22(28)20-21(27)18-12-10-11-13-19(18)25(15-6-2)23(20)29;/h10-13H,5-9,14-17H2,1-4H3,(H-,24,27,28,29);1H. The molecule has 1 heterocycles. The highest BCUT2D eigenvalue weighted by Gasteiger charge is 2.25. The zero-order valence-corrected chi connectivity index (χ0v) is 19.5. The monoisotopic (exact) mass is 437 g/mol. The highest BCUT2D eigenvalue weighted by molar-refractivity contribution is 6.02. The van der Waals surface area contributed by atoms with Gasteiger partial charge in [0.2, 0.25) is 0 Å². The number of carbonyl (C=O) groups is 1. The Morgan fingerprint density at radius 3 is 2.33 bits per heavy atom. The molecular weight excluding hydrogens is 402 g/mol.